The van der Waals surface area contributed by atoms with E-state index in [1.807, 2.05) is 0 Å². The lowest BCUT2D eigenvalue weighted by Gasteiger charge is -2.12. The molecular formula is C21H17F2N7O2. The number of benzene rings is 1. The zero-order valence-electron chi connectivity index (χ0n) is 17.0. The van der Waals surface area contributed by atoms with Crippen LogP contribution in [0.15, 0.2) is 48.9 Å². The molecule has 0 aliphatic carbocycles. The number of carbonyl (C=O) groups is 2. The van der Waals surface area contributed by atoms with E-state index in [4.69, 9.17) is 0 Å². The molecule has 162 valence electrons. The highest BCUT2D eigenvalue weighted by Gasteiger charge is 2.18. The van der Waals surface area contributed by atoms with Crippen LogP contribution in [0, 0.1) is 11.6 Å². The Balaban J connectivity index is 1.64. The van der Waals surface area contributed by atoms with Gasteiger partial charge in [0.15, 0.2) is 17.3 Å². The van der Waals surface area contributed by atoms with Gasteiger partial charge in [0.2, 0.25) is 0 Å². The van der Waals surface area contributed by atoms with Gasteiger partial charge in [0, 0.05) is 37.3 Å². The number of anilines is 2. The van der Waals surface area contributed by atoms with E-state index in [0.29, 0.717) is 33.8 Å². The van der Waals surface area contributed by atoms with Crippen LogP contribution < -0.4 is 10.6 Å². The van der Waals surface area contributed by atoms with Crippen LogP contribution >= 0.6 is 0 Å². The number of nitrogens with zero attached hydrogens (tertiary/aromatic N) is 4. The highest BCUT2D eigenvalue weighted by molar-refractivity contribution is 6.11. The standard InChI is InChI=1S/C21H17F2N7O2/c1-30(2)21(32)26-14-5-12(8-24-10-14)11-3-4-17-15(6-11)18(29-28-17)20(31)27-19-16(23)7-13(22)9-25-19/h3-10H,1-2H3,(H,26,32)(H,28,29)(H,25,27,31). The van der Waals surface area contributed by atoms with Crippen molar-refractivity contribution < 1.29 is 18.4 Å². The number of rotatable bonds is 4. The van der Waals surface area contributed by atoms with E-state index in [1.165, 1.54) is 11.1 Å². The van der Waals surface area contributed by atoms with E-state index in [0.717, 1.165) is 6.20 Å². The zero-order valence-corrected chi connectivity index (χ0v) is 17.0. The first-order valence-electron chi connectivity index (χ1n) is 9.36. The molecule has 3 N–H and O–H groups in total. The number of aromatic nitrogens is 4. The molecule has 0 spiro atoms. The maximum Gasteiger partial charge on any atom is 0.321 e. The van der Waals surface area contributed by atoms with Gasteiger partial charge in [0.1, 0.15) is 5.82 Å². The molecule has 4 rings (SSSR count). The Labute approximate surface area is 180 Å². The van der Waals surface area contributed by atoms with Crippen molar-refractivity contribution in [1.29, 1.82) is 0 Å². The summed E-state index contributed by atoms with van der Waals surface area (Å²) in [6.07, 6.45) is 3.93. The van der Waals surface area contributed by atoms with Gasteiger partial charge in [-0.1, -0.05) is 6.07 Å². The normalized spacial score (nSPS) is 10.8. The predicted octanol–water partition coefficient (Wildman–Crippen LogP) is 3.64. The Hall–Kier alpha value is -4.41. The third-order valence-electron chi connectivity index (χ3n) is 4.55. The van der Waals surface area contributed by atoms with Crippen LogP contribution in [0.25, 0.3) is 22.0 Å². The first-order chi connectivity index (χ1) is 15.3. The van der Waals surface area contributed by atoms with Gasteiger partial charge in [-0.25, -0.2) is 18.6 Å². The second kappa shape index (κ2) is 8.38. The van der Waals surface area contributed by atoms with Crippen LogP contribution in [0.4, 0.5) is 25.1 Å². The number of hydrogen-bond donors (Lipinski definition) is 3. The molecule has 9 nitrogen and oxygen atoms in total. The third-order valence-corrected chi connectivity index (χ3v) is 4.55. The van der Waals surface area contributed by atoms with Crippen molar-refractivity contribution in [1.82, 2.24) is 25.1 Å². The van der Waals surface area contributed by atoms with Crippen molar-refractivity contribution in [3.63, 3.8) is 0 Å². The smallest absolute Gasteiger partial charge is 0.321 e. The fourth-order valence-corrected chi connectivity index (χ4v) is 2.94. The van der Waals surface area contributed by atoms with Gasteiger partial charge in [-0.15, -0.1) is 0 Å². The number of nitrogens with one attached hydrogen (secondary N) is 3. The van der Waals surface area contributed by atoms with E-state index >= 15 is 0 Å². The molecule has 0 fully saturated rings. The molecule has 0 saturated carbocycles. The van der Waals surface area contributed by atoms with E-state index in [1.54, 1.807) is 44.6 Å². The molecule has 0 aliphatic heterocycles. The largest absolute Gasteiger partial charge is 0.331 e. The van der Waals surface area contributed by atoms with Gasteiger partial charge in [0.05, 0.1) is 23.6 Å². The molecular weight excluding hydrogens is 420 g/mol. The van der Waals surface area contributed by atoms with Crippen LogP contribution in [0.1, 0.15) is 10.5 Å². The molecule has 0 atom stereocenters. The van der Waals surface area contributed by atoms with Crippen molar-refractivity contribution in [2.75, 3.05) is 24.7 Å². The summed E-state index contributed by atoms with van der Waals surface area (Å²) in [6, 6.07) is 7.33. The van der Waals surface area contributed by atoms with Gasteiger partial charge in [-0.2, -0.15) is 5.10 Å². The Bertz CT molecular complexity index is 1340. The van der Waals surface area contributed by atoms with Crippen LogP contribution in [0.5, 0.6) is 0 Å². The average molecular weight is 437 g/mol. The van der Waals surface area contributed by atoms with E-state index in [-0.39, 0.29) is 11.7 Å². The first kappa shape index (κ1) is 20.8. The van der Waals surface area contributed by atoms with Crippen LogP contribution in [0.2, 0.25) is 0 Å². The molecule has 1 aromatic carbocycles. The Morgan fingerprint density at radius 1 is 1.00 bits per heavy atom. The summed E-state index contributed by atoms with van der Waals surface area (Å²) in [6.45, 7) is 0. The number of H-pyrrole nitrogens is 1. The molecule has 4 aromatic rings. The second-order valence-electron chi connectivity index (χ2n) is 7.06. The minimum atomic E-state index is -0.999. The number of aromatic amines is 1. The third kappa shape index (κ3) is 4.21. The number of hydrogen-bond acceptors (Lipinski definition) is 5. The van der Waals surface area contributed by atoms with Crippen molar-refractivity contribution in [2.24, 2.45) is 0 Å². The number of amides is 3. The molecule has 3 heterocycles. The van der Waals surface area contributed by atoms with Crippen molar-refractivity contribution >= 4 is 34.3 Å². The predicted molar refractivity (Wildman–Crippen MR) is 114 cm³/mol. The van der Waals surface area contributed by atoms with Gasteiger partial charge in [-0.3, -0.25) is 14.9 Å². The zero-order chi connectivity index (χ0) is 22.8. The van der Waals surface area contributed by atoms with Crippen LogP contribution in [-0.2, 0) is 0 Å². The summed E-state index contributed by atoms with van der Waals surface area (Å²) >= 11 is 0. The van der Waals surface area contributed by atoms with Crippen LogP contribution in [-0.4, -0.2) is 51.1 Å². The van der Waals surface area contributed by atoms with Crippen molar-refractivity contribution in [3.05, 3.63) is 66.3 Å². The number of urea groups is 1. The SMILES string of the molecule is CN(C)C(=O)Nc1cncc(-c2ccc3[nH]nc(C(=O)Nc4ncc(F)cc4F)c3c2)c1. The monoisotopic (exact) mass is 437 g/mol. The van der Waals surface area contributed by atoms with Gasteiger partial charge >= 0.3 is 6.03 Å². The Morgan fingerprint density at radius 2 is 1.81 bits per heavy atom. The van der Waals surface area contributed by atoms with Crippen LogP contribution in [0.3, 0.4) is 0 Å². The highest BCUT2D eigenvalue weighted by Crippen LogP contribution is 2.27. The quantitative estimate of drug-likeness (QED) is 0.451. The maximum absolute atomic E-state index is 13.8. The topological polar surface area (TPSA) is 116 Å². The minimum absolute atomic E-state index is 0.0115. The van der Waals surface area contributed by atoms with E-state index in [9.17, 15) is 18.4 Å². The Kier molecular flexibility index (Phi) is 5.46. The Morgan fingerprint density at radius 3 is 2.56 bits per heavy atom. The molecule has 0 saturated heterocycles. The molecule has 3 amide bonds. The summed E-state index contributed by atoms with van der Waals surface area (Å²) in [4.78, 5) is 33.6. The first-order valence-corrected chi connectivity index (χ1v) is 9.36. The molecule has 0 unspecified atom stereocenters. The highest BCUT2D eigenvalue weighted by atomic mass is 19.1. The molecule has 0 bridgehead atoms. The maximum atomic E-state index is 13.8. The number of fused-ring (bicyclic) bond motifs is 1. The number of carbonyl (C=O) groups excluding carboxylic acids is 2. The summed E-state index contributed by atoms with van der Waals surface area (Å²) in [5.74, 6) is -2.97. The molecule has 0 radical (unpaired) electrons. The fourth-order valence-electron chi connectivity index (χ4n) is 2.94. The van der Waals surface area contributed by atoms with Crippen molar-refractivity contribution in [2.45, 2.75) is 0 Å². The minimum Gasteiger partial charge on any atom is -0.331 e. The molecule has 0 aliphatic rings. The molecule has 32 heavy (non-hydrogen) atoms. The van der Waals surface area contributed by atoms with E-state index in [2.05, 4.69) is 30.8 Å². The lowest BCUT2D eigenvalue weighted by Crippen LogP contribution is -2.27. The second-order valence-corrected chi connectivity index (χ2v) is 7.06. The van der Waals surface area contributed by atoms with E-state index < -0.39 is 23.4 Å². The number of pyridine rings is 2. The van der Waals surface area contributed by atoms with Crippen molar-refractivity contribution in [3.8, 4) is 11.1 Å². The fraction of sp³-hybridized carbons (Fsp3) is 0.0952. The molecule has 3 aromatic heterocycles. The molecule has 11 heteroatoms. The average Bonchev–Trinajstić information content (AvgIpc) is 3.19. The summed E-state index contributed by atoms with van der Waals surface area (Å²) in [5.41, 5.74) is 2.51. The lowest BCUT2D eigenvalue weighted by molar-refractivity contribution is 0.102. The summed E-state index contributed by atoms with van der Waals surface area (Å²) < 4.78 is 26.9. The number of halogens is 2. The van der Waals surface area contributed by atoms with Gasteiger partial charge in [-0.05, 0) is 23.8 Å². The van der Waals surface area contributed by atoms with Gasteiger partial charge < -0.3 is 15.5 Å². The summed E-state index contributed by atoms with van der Waals surface area (Å²) in [7, 11) is 3.25. The lowest BCUT2D eigenvalue weighted by atomic mass is 10.0. The summed E-state index contributed by atoms with van der Waals surface area (Å²) in [5, 5.41) is 12.2. The van der Waals surface area contributed by atoms with Gasteiger partial charge in [0.25, 0.3) is 5.91 Å².